The minimum absolute atomic E-state index is 1.09. The molecule has 0 saturated carbocycles. The van der Waals surface area contributed by atoms with Crippen LogP contribution in [0, 0.1) is 0 Å². The molecule has 2 heteroatoms. The first-order valence-electron chi connectivity index (χ1n) is 3.96. The smallest absolute Gasteiger partial charge is 0.168 e. The van der Waals surface area contributed by atoms with Crippen molar-refractivity contribution in [2.24, 2.45) is 7.05 Å². The van der Waals surface area contributed by atoms with Crippen molar-refractivity contribution in [3.8, 4) is 0 Å². The van der Waals surface area contributed by atoms with Crippen LogP contribution >= 0.6 is 0 Å². The Bertz CT molecular complexity index is 250. The number of hydrogen-bond donors (Lipinski definition) is 0. The van der Waals surface area contributed by atoms with E-state index < -0.39 is 8.07 Å². The van der Waals surface area contributed by atoms with Crippen LogP contribution in [0.4, 0.5) is 0 Å². The van der Waals surface area contributed by atoms with Gasteiger partial charge in [-0.25, -0.2) is 4.57 Å². The predicted molar refractivity (Wildman–Crippen MR) is 50.6 cm³/mol. The van der Waals surface area contributed by atoms with Crippen molar-refractivity contribution in [3.05, 3.63) is 24.5 Å². The number of aromatic nitrogens is 1. The summed E-state index contributed by atoms with van der Waals surface area (Å²) in [6.45, 7) is 7.09. The zero-order valence-electron chi connectivity index (χ0n) is 7.76. The van der Waals surface area contributed by atoms with Crippen LogP contribution in [0.5, 0.6) is 0 Å². The van der Waals surface area contributed by atoms with E-state index in [9.17, 15) is 0 Å². The second-order valence-electron chi connectivity index (χ2n) is 4.01. The van der Waals surface area contributed by atoms with Crippen LogP contribution in [-0.2, 0) is 7.05 Å². The molecule has 0 aliphatic carbocycles. The fraction of sp³-hybridized carbons (Fsp3) is 0.444. The van der Waals surface area contributed by atoms with E-state index in [4.69, 9.17) is 0 Å². The summed E-state index contributed by atoms with van der Waals surface area (Å²) in [5.74, 6) is 0. The van der Waals surface area contributed by atoms with Gasteiger partial charge in [0.05, 0.1) is 8.07 Å². The second-order valence-corrected chi connectivity index (χ2v) is 9.09. The van der Waals surface area contributed by atoms with Crippen molar-refractivity contribution in [2.45, 2.75) is 19.6 Å². The van der Waals surface area contributed by atoms with E-state index in [-0.39, 0.29) is 0 Å². The predicted octanol–water partition coefficient (Wildman–Crippen LogP) is 1.06. The maximum atomic E-state index is 2.36. The quantitative estimate of drug-likeness (QED) is 0.434. The molecule has 0 aliphatic heterocycles. The van der Waals surface area contributed by atoms with E-state index in [1.807, 2.05) is 0 Å². The monoisotopic (exact) mass is 166 g/mol. The fourth-order valence-electron chi connectivity index (χ4n) is 1.03. The molecular weight excluding hydrogens is 150 g/mol. The summed E-state index contributed by atoms with van der Waals surface area (Å²) in [6, 6.07) is 4.35. The van der Waals surface area contributed by atoms with Gasteiger partial charge in [0, 0.05) is 11.3 Å². The molecule has 1 aromatic rings. The molecule has 11 heavy (non-hydrogen) atoms. The molecule has 60 valence electrons. The Kier molecular flexibility index (Phi) is 2.14. The van der Waals surface area contributed by atoms with Gasteiger partial charge < -0.3 is 0 Å². The third-order valence-electron chi connectivity index (χ3n) is 1.81. The summed E-state index contributed by atoms with van der Waals surface area (Å²) in [5, 5.41) is 1.52. The first-order chi connectivity index (χ1) is 5.00. The van der Waals surface area contributed by atoms with Crippen molar-refractivity contribution in [2.75, 3.05) is 0 Å². The van der Waals surface area contributed by atoms with E-state index >= 15 is 0 Å². The summed E-state index contributed by atoms with van der Waals surface area (Å²) in [5.41, 5.74) is 0. The van der Waals surface area contributed by atoms with Gasteiger partial charge in [0.25, 0.3) is 0 Å². The minimum Gasteiger partial charge on any atom is -0.208 e. The maximum absolute atomic E-state index is 2.36. The Balaban J connectivity index is 3.06. The van der Waals surface area contributed by atoms with Crippen LogP contribution in [0.2, 0.25) is 19.6 Å². The summed E-state index contributed by atoms with van der Waals surface area (Å²) in [7, 11) is 0.988. The Morgan fingerprint density at radius 3 is 2.27 bits per heavy atom. The maximum Gasteiger partial charge on any atom is 0.168 e. The molecule has 1 nitrogen and oxygen atoms in total. The zero-order valence-corrected chi connectivity index (χ0v) is 8.76. The Morgan fingerprint density at radius 2 is 1.91 bits per heavy atom. The summed E-state index contributed by atoms with van der Waals surface area (Å²) < 4.78 is 2.12. The van der Waals surface area contributed by atoms with Gasteiger partial charge >= 0.3 is 0 Å². The van der Waals surface area contributed by atoms with Crippen molar-refractivity contribution < 1.29 is 4.57 Å². The molecule has 0 bridgehead atoms. The molecule has 0 radical (unpaired) electrons. The van der Waals surface area contributed by atoms with E-state index in [1.54, 1.807) is 0 Å². The van der Waals surface area contributed by atoms with Gasteiger partial charge in [-0.1, -0.05) is 25.7 Å². The van der Waals surface area contributed by atoms with Crippen molar-refractivity contribution >= 4 is 13.3 Å². The summed E-state index contributed by atoms with van der Waals surface area (Å²) in [6.07, 6.45) is 4.30. The van der Waals surface area contributed by atoms with Gasteiger partial charge in [-0.2, -0.15) is 0 Å². The highest BCUT2D eigenvalue weighted by atomic mass is 28.3. The first kappa shape index (κ1) is 8.46. The third-order valence-corrected chi connectivity index (χ3v) is 3.83. The van der Waals surface area contributed by atoms with Gasteiger partial charge in [0.1, 0.15) is 7.05 Å². The summed E-state index contributed by atoms with van der Waals surface area (Å²) in [4.78, 5) is 0. The first-order valence-corrected chi connectivity index (χ1v) is 7.46. The molecule has 0 saturated heterocycles. The van der Waals surface area contributed by atoms with Crippen LogP contribution in [0.25, 0.3) is 0 Å². The van der Waals surface area contributed by atoms with Crippen molar-refractivity contribution in [1.29, 1.82) is 0 Å². The van der Waals surface area contributed by atoms with E-state index in [0.717, 1.165) is 0 Å². The number of hydrogen-bond acceptors (Lipinski definition) is 0. The lowest BCUT2D eigenvalue weighted by molar-refractivity contribution is -0.670. The molecule has 0 amide bonds. The topological polar surface area (TPSA) is 3.88 Å². The molecule has 0 N–H and O–H groups in total. The lowest BCUT2D eigenvalue weighted by Gasteiger charge is -2.13. The zero-order chi connectivity index (χ0) is 8.48. The van der Waals surface area contributed by atoms with E-state index in [1.165, 1.54) is 5.19 Å². The molecule has 1 heterocycles. The van der Waals surface area contributed by atoms with Crippen LogP contribution in [0.15, 0.2) is 24.5 Å². The molecule has 0 atom stereocenters. The number of nitrogens with zero attached hydrogens (tertiary/aromatic N) is 1. The third kappa shape index (κ3) is 2.15. The molecule has 0 aromatic carbocycles. The molecule has 1 aromatic heterocycles. The van der Waals surface area contributed by atoms with Crippen molar-refractivity contribution in [1.82, 2.24) is 0 Å². The molecular formula is C9H16NSi+. The van der Waals surface area contributed by atoms with Crippen LogP contribution in [-0.4, -0.2) is 8.07 Å². The molecule has 0 aliphatic rings. The van der Waals surface area contributed by atoms with Gasteiger partial charge in [-0.3, -0.25) is 0 Å². The number of pyridine rings is 1. The standard InChI is InChI=1S/C9H16NSi/c1-10-7-5-6-9(8-10)11(2,3)4/h5-8H,1-4H3/q+1. The molecule has 1 rings (SSSR count). The second kappa shape index (κ2) is 2.78. The summed E-state index contributed by atoms with van der Waals surface area (Å²) >= 11 is 0. The minimum atomic E-state index is -1.09. The molecule has 0 unspecified atom stereocenters. The van der Waals surface area contributed by atoms with Crippen LogP contribution in [0.3, 0.4) is 0 Å². The molecule has 0 fully saturated rings. The highest BCUT2D eigenvalue weighted by Crippen LogP contribution is 1.98. The van der Waals surface area contributed by atoms with Crippen LogP contribution < -0.4 is 9.75 Å². The molecule has 0 spiro atoms. The lowest BCUT2D eigenvalue weighted by atomic mass is 10.5. The Hall–Kier alpha value is -0.633. The largest absolute Gasteiger partial charge is 0.208 e. The van der Waals surface area contributed by atoms with Gasteiger partial charge in [-0.05, 0) is 0 Å². The van der Waals surface area contributed by atoms with Crippen LogP contribution in [0.1, 0.15) is 0 Å². The highest BCUT2D eigenvalue weighted by Gasteiger charge is 2.18. The fourth-order valence-corrected chi connectivity index (χ4v) is 2.22. The van der Waals surface area contributed by atoms with E-state index in [2.05, 4.69) is 55.8 Å². The Labute approximate surface area is 69.7 Å². The van der Waals surface area contributed by atoms with E-state index in [0.29, 0.717) is 0 Å². The number of rotatable bonds is 1. The normalized spacial score (nSPS) is 11.6. The SMILES string of the molecule is C[n+]1cccc([Si](C)(C)C)c1. The lowest BCUT2D eigenvalue weighted by Crippen LogP contribution is -2.43. The highest BCUT2D eigenvalue weighted by molar-refractivity contribution is 6.88. The van der Waals surface area contributed by atoms with Gasteiger partial charge in [0.2, 0.25) is 0 Å². The van der Waals surface area contributed by atoms with Crippen molar-refractivity contribution in [3.63, 3.8) is 0 Å². The average Bonchev–Trinajstić information content (AvgIpc) is 1.86. The Morgan fingerprint density at radius 1 is 1.27 bits per heavy atom. The number of aryl methyl sites for hydroxylation is 1. The average molecular weight is 166 g/mol. The van der Waals surface area contributed by atoms with Gasteiger partial charge in [0.15, 0.2) is 12.4 Å². The van der Waals surface area contributed by atoms with Gasteiger partial charge in [-0.15, -0.1) is 0 Å².